The van der Waals surface area contributed by atoms with Crippen LogP contribution in [-0.4, -0.2) is 16.3 Å². The van der Waals surface area contributed by atoms with Crippen molar-refractivity contribution >= 4 is 5.57 Å². The number of phenolic OH excluding ortho intramolecular Hbond substituents is 1. The molecule has 0 radical (unpaired) electrons. The van der Waals surface area contributed by atoms with E-state index in [0.29, 0.717) is 6.42 Å². The maximum absolute atomic E-state index is 10.6. The summed E-state index contributed by atoms with van der Waals surface area (Å²) in [5, 5.41) is 20.3. The first kappa shape index (κ1) is 9.62. The molecule has 1 aromatic carbocycles. The number of aryl methyl sites for hydroxylation is 1. The lowest BCUT2D eigenvalue weighted by molar-refractivity contribution is 0.0251. The third kappa shape index (κ3) is 1.54. The minimum absolute atomic E-state index is 0.0260. The van der Waals surface area contributed by atoms with Crippen molar-refractivity contribution < 1.29 is 14.3 Å². The van der Waals surface area contributed by atoms with E-state index in [1.54, 1.807) is 6.07 Å². The maximum Gasteiger partial charge on any atom is 0.115 e. The summed E-state index contributed by atoms with van der Waals surface area (Å²) < 4.78 is 24.6. The van der Waals surface area contributed by atoms with E-state index >= 15 is 0 Å². The van der Waals surface area contributed by atoms with E-state index in [-0.39, 0.29) is 24.0 Å². The van der Waals surface area contributed by atoms with Crippen molar-refractivity contribution in [2.45, 2.75) is 45.1 Å². The van der Waals surface area contributed by atoms with Crippen LogP contribution in [0.3, 0.4) is 0 Å². The molecule has 2 nitrogen and oxygen atoms in total. The standard InChI is InChI=1S/C18H22O2/c1-18-9-8-14-13-5-3-12(19)10-11(13)2-4-15(14)16(18)6-7-17(18)20/h3,5,8,10,15-17,19-20H,2,4,6-7,9H2,1H3/t15-,16+,17+,18+/m1/s1/i7D2,17D. The van der Waals surface area contributed by atoms with Gasteiger partial charge in [-0.25, -0.2) is 0 Å². The van der Waals surface area contributed by atoms with Crippen molar-refractivity contribution in [3.05, 3.63) is 35.4 Å². The number of fused-ring (bicyclic) bond motifs is 5. The molecule has 1 fully saturated rings. The Hall–Kier alpha value is -1.28. The smallest absolute Gasteiger partial charge is 0.115 e. The Morgan fingerprint density at radius 1 is 1.40 bits per heavy atom. The van der Waals surface area contributed by atoms with Crippen LogP contribution in [0.2, 0.25) is 0 Å². The van der Waals surface area contributed by atoms with E-state index in [2.05, 4.69) is 6.08 Å². The number of phenols is 1. The van der Waals surface area contributed by atoms with Crippen LogP contribution in [0.4, 0.5) is 0 Å². The van der Waals surface area contributed by atoms with Crippen molar-refractivity contribution in [3.8, 4) is 5.75 Å². The average molecular weight is 273 g/mol. The predicted molar refractivity (Wildman–Crippen MR) is 79.3 cm³/mol. The zero-order valence-corrected chi connectivity index (χ0v) is 11.7. The first-order chi connectivity index (χ1) is 10.7. The minimum Gasteiger partial charge on any atom is -0.508 e. The highest BCUT2D eigenvalue weighted by molar-refractivity contribution is 5.73. The summed E-state index contributed by atoms with van der Waals surface area (Å²) in [6, 6.07) is 5.46. The zero-order valence-electron chi connectivity index (χ0n) is 14.7. The molecule has 4 rings (SSSR count). The average Bonchev–Trinajstić information content (AvgIpc) is 2.62. The lowest BCUT2D eigenvalue weighted by Crippen LogP contribution is -2.39. The Labute approximate surface area is 124 Å². The van der Waals surface area contributed by atoms with E-state index in [9.17, 15) is 10.2 Å². The van der Waals surface area contributed by atoms with Gasteiger partial charge in [-0.2, -0.15) is 0 Å². The van der Waals surface area contributed by atoms with Crippen LogP contribution in [0.5, 0.6) is 5.75 Å². The van der Waals surface area contributed by atoms with Gasteiger partial charge < -0.3 is 10.2 Å². The van der Waals surface area contributed by atoms with Crippen LogP contribution in [0.25, 0.3) is 5.57 Å². The normalized spacial score (nSPS) is 47.1. The van der Waals surface area contributed by atoms with Gasteiger partial charge in [-0.3, -0.25) is 0 Å². The van der Waals surface area contributed by atoms with Crippen LogP contribution in [0.15, 0.2) is 24.3 Å². The SMILES string of the molecule is [2H]C1([2H])C[C@H]2[C@@H]3CCc4cc(O)ccc4C3=CC[C@]2(C)[C@@]1([2H])O. The van der Waals surface area contributed by atoms with E-state index in [1.807, 2.05) is 19.1 Å². The van der Waals surface area contributed by atoms with Crippen molar-refractivity contribution in [1.29, 1.82) is 0 Å². The molecule has 2 N–H and O–H groups in total. The summed E-state index contributed by atoms with van der Waals surface area (Å²) in [6.07, 6.45) is 0.638. The van der Waals surface area contributed by atoms with Gasteiger partial charge >= 0.3 is 0 Å². The molecule has 0 unspecified atom stereocenters. The Morgan fingerprint density at radius 3 is 3.10 bits per heavy atom. The topological polar surface area (TPSA) is 40.5 Å². The van der Waals surface area contributed by atoms with E-state index in [1.165, 1.54) is 5.57 Å². The monoisotopic (exact) mass is 273 g/mol. The molecule has 0 spiro atoms. The van der Waals surface area contributed by atoms with Gasteiger partial charge in [0.2, 0.25) is 0 Å². The van der Waals surface area contributed by atoms with Gasteiger partial charge in [0.15, 0.2) is 0 Å². The molecule has 0 aromatic heterocycles. The quantitative estimate of drug-likeness (QED) is 0.759. The van der Waals surface area contributed by atoms with E-state index in [4.69, 9.17) is 4.11 Å². The van der Waals surface area contributed by atoms with Crippen molar-refractivity contribution in [2.75, 3.05) is 0 Å². The van der Waals surface area contributed by atoms with Crippen LogP contribution in [-0.2, 0) is 6.42 Å². The molecule has 0 bridgehead atoms. The number of allylic oxidation sites excluding steroid dienone is 2. The number of aromatic hydroxyl groups is 1. The minimum atomic E-state index is -2.05. The molecule has 0 heterocycles. The zero-order chi connectivity index (χ0) is 16.6. The maximum atomic E-state index is 10.6. The lowest BCUT2D eigenvalue weighted by Gasteiger charge is -2.45. The summed E-state index contributed by atoms with van der Waals surface area (Å²) in [6.45, 7) is 1.87. The first-order valence-electron chi connectivity index (χ1n) is 8.92. The van der Waals surface area contributed by atoms with E-state index in [0.717, 1.165) is 24.0 Å². The van der Waals surface area contributed by atoms with E-state index < -0.39 is 17.9 Å². The summed E-state index contributed by atoms with van der Waals surface area (Å²) >= 11 is 0. The lowest BCUT2D eigenvalue weighted by atomic mass is 9.60. The molecule has 4 atom stereocenters. The fourth-order valence-electron chi connectivity index (χ4n) is 4.38. The molecular weight excluding hydrogens is 248 g/mol. The van der Waals surface area contributed by atoms with Crippen molar-refractivity contribution in [1.82, 2.24) is 0 Å². The van der Waals surface area contributed by atoms with Gasteiger partial charge in [0, 0.05) is 8.16 Å². The highest BCUT2D eigenvalue weighted by atomic mass is 16.3. The van der Waals surface area contributed by atoms with Crippen molar-refractivity contribution in [2.24, 2.45) is 17.3 Å². The molecule has 3 aliphatic carbocycles. The van der Waals surface area contributed by atoms with Crippen LogP contribution in [0.1, 0.15) is 47.8 Å². The summed E-state index contributed by atoms with van der Waals surface area (Å²) in [5.74, 6) is 0.434. The summed E-state index contributed by atoms with van der Waals surface area (Å²) in [5.41, 5.74) is 2.74. The Bertz CT molecular complexity index is 710. The van der Waals surface area contributed by atoms with Crippen LogP contribution >= 0.6 is 0 Å². The third-order valence-electron chi connectivity index (χ3n) is 5.60. The molecule has 0 aliphatic heterocycles. The van der Waals surface area contributed by atoms with Gasteiger partial charge in [0.1, 0.15) is 5.75 Å². The Kier molecular flexibility index (Phi) is 1.98. The number of rotatable bonds is 0. The summed E-state index contributed by atoms with van der Waals surface area (Å²) in [4.78, 5) is 0. The van der Waals surface area contributed by atoms with Crippen LogP contribution in [0, 0.1) is 17.3 Å². The van der Waals surface area contributed by atoms with Gasteiger partial charge in [-0.15, -0.1) is 0 Å². The van der Waals surface area contributed by atoms with Gasteiger partial charge in [0.25, 0.3) is 0 Å². The predicted octanol–water partition coefficient (Wildman–Crippen LogP) is 3.52. The van der Waals surface area contributed by atoms with Gasteiger partial charge in [-0.1, -0.05) is 19.1 Å². The van der Waals surface area contributed by atoms with Crippen LogP contribution < -0.4 is 0 Å². The Morgan fingerprint density at radius 2 is 2.25 bits per heavy atom. The number of hydrogen-bond acceptors (Lipinski definition) is 2. The molecule has 1 saturated carbocycles. The molecule has 3 aliphatic rings. The van der Waals surface area contributed by atoms with Crippen molar-refractivity contribution in [3.63, 3.8) is 0 Å². The molecule has 0 saturated heterocycles. The Balaban J connectivity index is 1.81. The summed E-state index contributed by atoms with van der Waals surface area (Å²) in [7, 11) is 0. The number of aliphatic hydroxyl groups is 1. The number of hydrogen-bond donors (Lipinski definition) is 2. The fraction of sp³-hybridized carbons (Fsp3) is 0.556. The highest BCUT2D eigenvalue weighted by Gasteiger charge is 2.51. The fourth-order valence-corrected chi connectivity index (χ4v) is 4.38. The molecule has 20 heavy (non-hydrogen) atoms. The van der Waals surface area contributed by atoms with Gasteiger partial charge in [0.05, 0.1) is 7.45 Å². The highest BCUT2D eigenvalue weighted by Crippen LogP contribution is 2.58. The molecule has 106 valence electrons. The second-order valence-corrected chi connectivity index (χ2v) is 6.60. The van der Waals surface area contributed by atoms with Gasteiger partial charge in [-0.05, 0) is 72.7 Å². The molecule has 1 aromatic rings. The molecular formula is C18H22O2. The third-order valence-corrected chi connectivity index (χ3v) is 5.60. The first-order valence-corrected chi connectivity index (χ1v) is 7.42. The largest absolute Gasteiger partial charge is 0.508 e. The second-order valence-electron chi connectivity index (χ2n) is 6.60. The number of benzene rings is 1. The second kappa shape index (κ2) is 4.11. The molecule has 2 heteroatoms. The molecule has 0 amide bonds.